The van der Waals surface area contributed by atoms with Crippen molar-refractivity contribution in [1.29, 1.82) is 0 Å². The molecule has 1 unspecified atom stereocenters. The summed E-state index contributed by atoms with van der Waals surface area (Å²) in [6.45, 7) is 1.37. The molecule has 1 aromatic heterocycles. The molecule has 0 spiro atoms. The van der Waals surface area contributed by atoms with Gasteiger partial charge in [-0.2, -0.15) is 4.31 Å². The lowest BCUT2D eigenvalue weighted by molar-refractivity contribution is 0.171. The summed E-state index contributed by atoms with van der Waals surface area (Å²) in [6.07, 6.45) is 1.91. The summed E-state index contributed by atoms with van der Waals surface area (Å²) in [5.74, 6) is 0. The van der Waals surface area contributed by atoms with Gasteiger partial charge in [-0.3, -0.25) is 0 Å². The lowest BCUT2D eigenvalue weighted by atomic mass is 9.99. The Hall–Kier alpha value is -2.19. The summed E-state index contributed by atoms with van der Waals surface area (Å²) in [5.41, 5.74) is 4.62. The number of aryl methyl sites for hydroxylation is 1. The van der Waals surface area contributed by atoms with E-state index in [1.54, 1.807) is 12.1 Å². The maximum absolute atomic E-state index is 12.7. The van der Waals surface area contributed by atoms with E-state index in [1.807, 2.05) is 31.3 Å². The van der Waals surface area contributed by atoms with Gasteiger partial charge in [0.2, 0.25) is 10.0 Å². The first-order valence-corrected chi connectivity index (χ1v) is 9.87. The Kier molecular flexibility index (Phi) is 4.11. The number of nitrogens with zero attached hydrogens (tertiary/aromatic N) is 1. The zero-order valence-electron chi connectivity index (χ0n) is 14.3. The van der Waals surface area contributed by atoms with Crippen molar-refractivity contribution in [2.24, 2.45) is 0 Å². The first kappa shape index (κ1) is 17.2. The largest absolute Gasteiger partial charge is 0.395 e. The van der Waals surface area contributed by atoms with Crippen LogP contribution in [0.2, 0.25) is 0 Å². The molecule has 7 heteroatoms. The minimum absolute atomic E-state index is 0.0378. The molecule has 6 nitrogen and oxygen atoms in total. The highest BCUT2D eigenvalue weighted by Crippen LogP contribution is 2.41. The van der Waals surface area contributed by atoms with Crippen LogP contribution >= 0.6 is 0 Å². The molecule has 3 aromatic rings. The molecule has 0 bridgehead atoms. The number of aromatic amines is 1. The second-order valence-corrected chi connectivity index (χ2v) is 8.40. The molecule has 2 aromatic carbocycles. The molecule has 1 atom stereocenters. The van der Waals surface area contributed by atoms with Crippen molar-refractivity contribution in [3.8, 4) is 11.1 Å². The second-order valence-electron chi connectivity index (χ2n) is 6.54. The number of sulfonamides is 1. The lowest BCUT2D eigenvalue weighted by Gasteiger charge is -2.20. The molecule has 0 saturated carbocycles. The maximum Gasteiger partial charge on any atom is 0.244 e. The van der Waals surface area contributed by atoms with Crippen molar-refractivity contribution >= 4 is 20.9 Å². The highest BCUT2D eigenvalue weighted by Gasteiger charge is 2.42. The van der Waals surface area contributed by atoms with Crippen LogP contribution in [0.25, 0.3) is 22.0 Å². The van der Waals surface area contributed by atoms with E-state index in [0.29, 0.717) is 5.56 Å². The number of fused-ring (bicyclic) bond motifs is 2. The molecule has 0 saturated heterocycles. The Morgan fingerprint density at radius 1 is 1.15 bits per heavy atom. The van der Waals surface area contributed by atoms with Crippen LogP contribution in [0.1, 0.15) is 17.2 Å². The summed E-state index contributed by atoms with van der Waals surface area (Å²) in [6, 6.07) is 10.7. The van der Waals surface area contributed by atoms with Gasteiger partial charge in [0.15, 0.2) is 0 Å². The number of aliphatic hydroxyl groups is 2. The highest BCUT2D eigenvalue weighted by molar-refractivity contribution is 7.89. The molecular formula is C19H20N2O4S. The lowest BCUT2D eigenvalue weighted by Crippen LogP contribution is -2.32. The number of aromatic nitrogens is 1. The van der Waals surface area contributed by atoms with Crippen LogP contribution in [0, 0.1) is 6.92 Å². The van der Waals surface area contributed by atoms with Gasteiger partial charge in [-0.25, -0.2) is 8.42 Å². The van der Waals surface area contributed by atoms with E-state index in [4.69, 9.17) is 0 Å². The predicted octanol–water partition coefficient (Wildman–Crippen LogP) is 2.17. The minimum Gasteiger partial charge on any atom is -0.395 e. The molecule has 0 fully saturated rings. The summed E-state index contributed by atoms with van der Waals surface area (Å²) in [4.78, 5) is 3.45. The Morgan fingerprint density at radius 2 is 1.96 bits per heavy atom. The standard InChI is InChI=1S/C19H20N2O4S/c1-12-2-4-14-16(10-20-17(14)8-12)13-3-5-19-15(9-13)18(11-23)21(6-7-22)26(19,24)25/h2-5,8-10,18,20,22-23H,6-7,11H2,1H3. The van der Waals surface area contributed by atoms with Gasteiger partial charge in [0.1, 0.15) is 0 Å². The first-order chi connectivity index (χ1) is 12.5. The molecule has 136 valence electrons. The third kappa shape index (κ3) is 2.47. The first-order valence-electron chi connectivity index (χ1n) is 8.43. The number of hydrogen-bond acceptors (Lipinski definition) is 4. The monoisotopic (exact) mass is 372 g/mol. The summed E-state index contributed by atoms with van der Waals surface area (Å²) >= 11 is 0. The van der Waals surface area contributed by atoms with Crippen LogP contribution in [-0.4, -0.2) is 47.7 Å². The number of H-pyrrole nitrogens is 1. The number of benzene rings is 2. The topological polar surface area (TPSA) is 93.6 Å². The smallest absolute Gasteiger partial charge is 0.244 e. The van der Waals surface area contributed by atoms with Gasteiger partial charge >= 0.3 is 0 Å². The van der Waals surface area contributed by atoms with Crippen molar-refractivity contribution in [2.45, 2.75) is 17.9 Å². The molecule has 4 rings (SSSR count). The number of aliphatic hydroxyl groups excluding tert-OH is 2. The molecule has 1 aliphatic rings. The van der Waals surface area contributed by atoms with Gasteiger partial charge in [-0.1, -0.05) is 18.2 Å². The molecule has 3 N–H and O–H groups in total. The van der Waals surface area contributed by atoms with E-state index < -0.39 is 16.1 Å². The Morgan fingerprint density at radius 3 is 2.69 bits per heavy atom. The number of hydrogen-bond donors (Lipinski definition) is 3. The zero-order valence-corrected chi connectivity index (χ0v) is 15.1. The number of β-amino-alcohol motifs (C(OH)–C–C–N with tert-alkyl or cyclic N) is 1. The van der Waals surface area contributed by atoms with Crippen LogP contribution in [0.5, 0.6) is 0 Å². The number of nitrogens with one attached hydrogen (secondary N) is 1. The van der Waals surface area contributed by atoms with Gasteiger partial charge < -0.3 is 15.2 Å². The van der Waals surface area contributed by atoms with Crippen LogP contribution < -0.4 is 0 Å². The van der Waals surface area contributed by atoms with Crippen LogP contribution in [0.4, 0.5) is 0 Å². The van der Waals surface area contributed by atoms with Crippen molar-refractivity contribution in [2.75, 3.05) is 19.8 Å². The van der Waals surface area contributed by atoms with Gasteiger partial charge in [0.05, 0.1) is 24.2 Å². The van der Waals surface area contributed by atoms with E-state index in [0.717, 1.165) is 27.6 Å². The molecule has 2 heterocycles. The summed E-state index contributed by atoms with van der Waals surface area (Å²) < 4.78 is 26.5. The summed E-state index contributed by atoms with van der Waals surface area (Å²) in [5, 5.41) is 20.0. The Balaban J connectivity index is 1.87. The molecule has 1 aliphatic heterocycles. The Labute approximate surface area is 151 Å². The molecule has 0 amide bonds. The second kappa shape index (κ2) is 6.21. The average Bonchev–Trinajstić information content (AvgIpc) is 3.12. The third-order valence-corrected chi connectivity index (χ3v) is 6.93. The minimum atomic E-state index is -3.70. The molecule has 0 radical (unpaired) electrons. The van der Waals surface area contributed by atoms with Crippen molar-refractivity contribution in [1.82, 2.24) is 9.29 Å². The van der Waals surface area contributed by atoms with Gasteiger partial charge in [0, 0.05) is 29.2 Å². The van der Waals surface area contributed by atoms with Gasteiger partial charge in [-0.15, -0.1) is 0 Å². The van der Waals surface area contributed by atoms with Crippen molar-refractivity contribution < 1.29 is 18.6 Å². The maximum atomic E-state index is 12.7. The van der Waals surface area contributed by atoms with Gasteiger partial charge in [-0.05, 0) is 41.8 Å². The Bertz CT molecular complexity index is 1090. The highest BCUT2D eigenvalue weighted by atomic mass is 32.2. The predicted molar refractivity (Wildman–Crippen MR) is 99.3 cm³/mol. The van der Waals surface area contributed by atoms with Crippen molar-refractivity contribution in [3.05, 3.63) is 53.7 Å². The van der Waals surface area contributed by atoms with E-state index >= 15 is 0 Å². The SMILES string of the molecule is Cc1ccc2c(-c3ccc4c(c3)C(CO)N(CCO)S4(=O)=O)c[nH]c2c1. The molecule has 0 aliphatic carbocycles. The van der Waals surface area contributed by atoms with E-state index in [1.165, 1.54) is 4.31 Å². The molecule has 26 heavy (non-hydrogen) atoms. The fraction of sp³-hybridized carbons (Fsp3) is 0.263. The fourth-order valence-electron chi connectivity index (χ4n) is 3.70. The third-order valence-electron chi connectivity index (χ3n) is 4.94. The summed E-state index contributed by atoms with van der Waals surface area (Å²) in [7, 11) is -3.70. The average molecular weight is 372 g/mol. The number of rotatable bonds is 4. The van der Waals surface area contributed by atoms with E-state index in [-0.39, 0.29) is 24.7 Å². The van der Waals surface area contributed by atoms with Crippen LogP contribution in [0.15, 0.2) is 47.5 Å². The van der Waals surface area contributed by atoms with E-state index in [2.05, 4.69) is 11.1 Å². The van der Waals surface area contributed by atoms with Crippen LogP contribution in [-0.2, 0) is 10.0 Å². The molecular weight excluding hydrogens is 352 g/mol. The van der Waals surface area contributed by atoms with Gasteiger partial charge in [0.25, 0.3) is 0 Å². The quantitative estimate of drug-likeness (QED) is 0.654. The fourth-order valence-corrected chi connectivity index (χ4v) is 5.53. The van der Waals surface area contributed by atoms with Crippen molar-refractivity contribution in [3.63, 3.8) is 0 Å². The van der Waals surface area contributed by atoms with Crippen LogP contribution in [0.3, 0.4) is 0 Å². The normalized spacial score (nSPS) is 19.1. The zero-order chi connectivity index (χ0) is 18.5. The van der Waals surface area contributed by atoms with E-state index in [9.17, 15) is 18.6 Å².